The molecule has 0 saturated heterocycles. The van der Waals surface area contributed by atoms with Crippen LogP contribution in [-0.2, 0) is 30.4 Å². The van der Waals surface area contributed by atoms with Crippen LogP contribution in [0.2, 0.25) is 13.1 Å². The minimum absolute atomic E-state index is 0. The number of nitrogens with zero attached hydrogens (tertiary/aromatic N) is 1. The zero-order chi connectivity index (χ0) is 18.5. The van der Waals surface area contributed by atoms with Crippen molar-refractivity contribution in [1.82, 2.24) is 4.57 Å². The van der Waals surface area contributed by atoms with Crippen LogP contribution in [0.1, 0.15) is 0 Å². The molecule has 0 radical (unpaired) electrons. The average Bonchev–Trinajstić information content (AvgIpc) is 3.35. The van der Waals surface area contributed by atoms with Crippen molar-refractivity contribution >= 4 is 38.0 Å². The van der Waals surface area contributed by atoms with Crippen LogP contribution in [0.15, 0.2) is 84.9 Å². The number of aromatic nitrogens is 1. The molecule has 0 N–H and O–H groups in total. The zero-order valence-electron chi connectivity index (χ0n) is 16.3. The van der Waals surface area contributed by atoms with Crippen LogP contribution in [0.5, 0.6) is 0 Å². The van der Waals surface area contributed by atoms with Gasteiger partial charge in [-0.05, 0) is 11.6 Å². The van der Waals surface area contributed by atoms with Crippen LogP contribution < -0.4 is 24.8 Å². The van der Waals surface area contributed by atoms with Gasteiger partial charge in [0.2, 0.25) is 0 Å². The van der Waals surface area contributed by atoms with Crippen molar-refractivity contribution in [1.29, 1.82) is 0 Å². The van der Waals surface area contributed by atoms with E-state index in [9.17, 15) is 0 Å². The van der Waals surface area contributed by atoms with Crippen LogP contribution >= 0.6 is 0 Å². The number of benzene rings is 2. The minimum atomic E-state index is 0. The van der Waals surface area contributed by atoms with Crippen molar-refractivity contribution in [2.45, 2.75) is 13.1 Å². The standard InChI is InChI=1S/C16H12N.C5H5.C2H6Si.2ClH.Zr/c1-17-15-9-5-4-8-13(15)14-10-11-6-2-3-7-12(11)16(14)17;1-2-4-5-3-1;1-3-2;;;/h2-10H,1H3;1-5H;1-2H3;2*1H;/q2*-1;;;;+2/p-2. The van der Waals surface area contributed by atoms with E-state index in [2.05, 4.69) is 79.3 Å². The summed E-state index contributed by atoms with van der Waals surface area (Å²) < 4.78 is 2.30. The number of hydrogen-bond donors (Lipinski definition) is 0. The van der Waals surface area contributed by atoms with Gasteiger partial charge in [-0.1, -0.05) is 52.6 Å². The molecular weight excluding hydrogens is 480 g/mol. The summed E-state index contributed by atoms with van der Waals surface area (Å²) >= 11 is 1.74. The molecule has 0 aliphatic carbocycles. The van der Waals surface area contributed by atoms with E-state index in [1.165, 1.54) is 32.6 Å². The molecule has 5 rings (SSSR count). The van der Waals surface area contributed by atoms with Gasteiger partial charge in [0, 0.05) is 12.6 Å². The molecule has 144 valence electrons. The van der Waals surface area contributed by atoms with E-state index < -0.39 is 0 Å². The van der Waals surface area contributed by atoms with Crippen LogP contribution in [0, 0.1) is 0 Å². The second-order valence-electron chi connectivity index (χ2n) is 6.53. The van der Waals surface area contributed by atoms with Crippen LogP contribution in [0.25, 0.3) is 32.6 Å². The maximum atomic E-state index is 2.31. The molecule has 0 amide bonds. The Balaban J connectivity index is 0.000000302. The molecule has 0 aliphatic rings. The van der Waals surface area contributed by atoms with Gasteiger partial charge in [0.25, 0.3) is 0 Å². The van der Waals surface area contributed by atoms with Crippen LogP contribution in [0.4, 0.5) is 0 Å². The molecule has 5 aromatic rings. The van der Waals surface area contributed by atoms with Crippen molar-refractivity contribution in [2.24, 2.45) is 7.05 Å². The van der Waals surface area contributed by atoms with Gasteiger partial charge in [-0.3, -0.25) is 0 Å². The van der Waals surface area contributed by atoms with E-state index in [0.29, 0.717) is 0 Å². The fourth-order valence-electron chi connectivity index (χ4n) is 3.21. The van der Waals surface area contributed by atoms with Crippen molar-refractivity contribution in [3.8, 4) is 0 Å². The Kier molecular flexibility index (Phi) is 10.5. The molecule has 0 atom stereocenters. The van der Waals surface area contributed by atoms with Gasteiger partial charge in [0.05, 0.1) is 0 Å². The van der Waals surface area contributed by atoms with Gasteiger partial charge in [-0.15, -0.1) is 17.5 Å². The summed E-state index contributed by atoms with van der Waals surface area (Å²) in [6.07, 6.45) is 0. The SMILES string of the molecule is C[Si](C)=[Zr+2].Cn1c2ccccc2c2[cH-]c3ccccc3c21.[Cl-].[Cl-].c1cc[cH-]c1. The Bertz CT molecular complexity index is 1110. The third kappa shape index (κ3) is 5.70. The van der Waals surface area contributed by atoms with Gasteiger partial charge in [-0.2, -0.15) is 18.2 Å². The van der Waals surface area contributed by atoms with Gasteiger partial charge >= 0.3 is 41.9 Å². The van der Waals surface area contributed by atoms with E-state index >= 15 is 0 Å². The summed E-state index contributed by atoms with van der Waals surface area (Å²) in [6, 6.07) is 29.5. The van der Waals surface area contributed by atoms with E-state index in [1.54, 1.807) is 23.3 Å². The van der Waals surface area contributed by atoms with E-state index in [0.717, 1.165) is 0 Å². The van der Waals surface area contributed by atoms with Crippen molar-refractivity contribution < 1.29 is 48.1 Å². The first-order valence-corrected chi connectivity index (χ1v) is 15.0. The number of aryl methyl sites for hydroxylation is 1. The molecule has 5 heteroatoms. The summed E-state index contributed by atoms with van der Waals surface area (Å²) in [4.78, 5) is 0. The number of hydrogen-bond acceptors (Lipinski definition) is 0. The normalized spacial score (nSPS) is 9.61. The van der Waals surface area contributed by atoms with E-state index in [-0.39, 0.29) is 30.2 Å². The molecule has 1 aromatic heterocycles. The van der Waals surface area contributed by atoms with Gasteiger partial charge < -0.3 is 29.4 Å². The largest absolute Gasteiger partial charge is 1.00 e. The van der Waals surface area contributed by atoms with Gasteiger partial charge in [0.15, 0.2) is 0 Å². The number of rotatable bonds is 0. The van der Waals surface area contributed by atoms with Crippen molar-refractivity contribution in [2.75, 3.05) is 0 Å². The predicted molar refractivity (Wildman–Crippen MR) is 113 cm³/mol. The molecule has 0 bridgehead atoms. The monoisotopic (exact) mass is 501 g/mol. The van der Waals surface area contributed by atoms with Crippen molar-refractivity contribution in [3.05, 3.63) is 84.9 Å². The molecule has 1 heterocycles. The molecular formula is C23H23Cl2NSiZr-2. The molecule has 28 heavy (non-hydrogen) atoms. The third-order valence-electron chi connectivity index (χ3n) is 4.22. The maximum absolute atomic E-state index is 2.31. The fourth-order valence-corrected chi connectivity index (χ4v) is 3.21. The molecule has 0 spiro atoms. The smallest absolute Gasteiger partial charge is 0.00712 e. The quantitative estimate of drug-likeness (QED) is 0.213. The average molecular weight is 504 g/mol. The maximum Gasteiger partial charge on any atom is 0.00712 e. The molecule has 0 aliphatic heterocycles. The van der Waals surface area contributed by atoms with E-state index in [4.69, 9.17) is 0 Å². The summed E-state index contributed by atoms with van der Waals surface area (Å²) in [5, 5.41) is 5.39. The first-order valence-electron chi connectivity index (χ1n) is 8.79. The Morgan fingerprint density at radius 1 is 0.821 bits per heavy atom. The predicted octanol–water partition coefficient (Wildman–Crippen LogP) is 0.401. The third-order valence-corrected chi connectivity index (χ3v) is 4.22. The molecule has 4 aromatic carbocycles. The number of halogens is 2. The zero-order valence-corrected chi connectivity index (χ0v) is 21.3. The summed E-state index contributed by atoms with van der Waals surface area (Å²) in [5.41, 5.74) is 2.87. The number of para-hydroxylation sites is 1. The first-order chi connectivity index (χ1) is 12.6. The molecule has 0 unspecified atom stereocenters. The minimum Gasteiger partial charge on any atom is -1.00 e. The molecule has 0 saturated carbocycles. The van der Waals surface area contributed by atoms with Gasteiger partial charge in [-0.25, -0.2) is 12.1 Å². The number of fused-ring (bicyclic) bond motifs is 5. The van der Waals surface area contributed by atoms with Crippen molar-refractivity contribution in [3.63, 3.8) is 0 Å². The Morgan fingerprint density at radius 3 is 1.93 bits per heavy atom. The fraction of sp³-hybridized carbons (Fsp3) is 0.130. The Hall–Kier alpha value is -1.12. The van der Waals surface area contributed by atoms with Crippen LogP contribution in [-0.4, -0.2) is 10.0 Å². The first kappa shape index (κ1) is 24.9. The Labute approximate surface area is 194 Å². The second kappa shape index (κ2) is 11.8. The van der Waals surface area contributed by atoms with E-state index in [1.807, 2.05) is 30.3 Å². The summed E-state index contributed by atoms with van der Waals surface area (Å²) in [5.74, 6) is 0. The summed E-state index contributed by atoms with van der Waals surface area (Å²) in [7, 11) is 2.15. The molecule has 1 nitrogen and oxygen atoms in total. The topological polar surface area (TPSA) is 4.93 Å². The Morgan fingerprint density at radius 2 is 1.36 bits per heavy atom. The van der Waals surface area contributed by atoms with Gasteiger partial charge in [0.1, 0.15) is 0 Å². The molecule has 0 fully saturated rings. The van der Waals surface area contributed by atoms with Crippen LogP contribution in [0.3, 0.4) is 0 Å². The second-order valence-corrected chi connectivity index (χ2v) is 15.9. The summed E-state index contributed by atoms with van der Waals surface area (Å²) in [6.45, 7) is 4.62.